The summed E-state index contributed by atoms with van der Waals surface area (Å²) in [5.74, 6) is -0.481. The van der Waals surface area contributed by atoms with Gasteiger partial charge in [0.05, 0.1) is 9.79 Å². The molecule has 32 heavy (non-hydrogen) atoms. The van der Waals surface area contributed by atoms with Crippen LogP contribution in [-0.2, 0) is 26.6 Å². The maximum Gasteiger partial charge on any atom is 0.251 e. The predicted octanol–water partition coefficient (Wildman–Crippen LogP) is 2.43. The van der Waals surface area contributed by atoms with Gasteiger partial charge < -0.3 is 5.32 Å². The highest BCUT2D eigenvalue weighted by atomic mass is 32.2. The van der Waals surface area contributed by atoms with Gasteiger partial charge in [-0.05, 0) is 49.6 Å². The Morgan fingerprint density at radius 3 is 2.47 bits per heavy atom. The van der Waals surface area contributed by atoms with Crippen molar-refractivity contribution in [2.45, 2.75) is 48.6 Å². The molecule has 10 heteroatoms. The lowest BCUT2D eigenvalue weighted by Gasteiger charge is -2.32. The summed E-state index contributed by atoms with van der Waals surface area (Å²) in [6, 6.07) is 12.3. The first-order valence-electron chi connectivity index (χ1n) is 10.5. The minimum Gasteiger partial charge on any atom is -0.348 e. The van der Waals surface area contributed by atoms with E-state index in [0.29, 0.717) is 12.1 Å². The fourth-order valence-electron chi connectivity index (χ4n) is 3.74. The van der Waals surface area contributed by atoms with E-state index >= 15 is 0 Å². The molecule has 1 aliphatic rings. The van der Waals surface area contributed by atoms with Crippen molar-refractivity contribution in [1.82, 2.24) is 13.9 Å². The van der Waals surface area contributed by atoms with Gasteiger partial charge in [-0.3, -0.25) is 4.79 Å². The monoisotopic (exact) mass is 479 g/mol. The smallest absolute Gasteiger partial charge is 0.251 e. The zero-order valence-corrected chi connectivity index (χ0v) is 20.1. The van der Waals surface area contributed by atoms with Crippen LogP contribution in [0.3, 0.4) is 0 Å². The second-order valence-corrected chi connectivity index (χ2v) is 12.1. The number of amides is 1. The number of carbonyl (C=O) groups is 1. The molecular weight excluding hydrogens is 450 g/mol. The molecule has 1 aliphatic heterocycles. The summed E-state index contributed by atoms with van der Waals surface area (Å²) >= 11 is 0. The molecule has 0 aliphatic carbocycles. The van der Waals surface area contributed by atoms with E-state index < -0.39 is 26.0 Å². The molecule has 0 spiro atoms. The average Bonchev–Trinajstić information content (AvgIpc) is 2.77. The molecule has 1 atom stereocenters. The van der Waals surface area contributed by atoms with E-state index in [9.17, 15) is 21.6 Å². The Hall–Kier alpha value is -2.27. The van der Waals surface area contributed by atoms with Crippen LogP contribution in [0.1, 0.15) is 42.1 Å². The van der Waals surface area contributed by atoms with Crippen molar-refractivity contribution in [3.8, 4) is 0 Å². The number of hydrogen-bond donors (Lipinski definition) is 1. The van der Waals surface area contributed by atoms with Crippen molar-refractivity contribution < 1.29 is 21.6 Å². The second-order valence-electron chi connectivity index (χ2n) is 8.07. The van der Waals surface area contributed by atoms with Gasteiger partial charge in [0.15, 0.2) is 0 Å². The van der Waals surface area contributed by atoms with Crippen LogP contribution in [0.2, 0.25) is 0 Å². The summed E-state index contributed by atoms with van der Waals surface area (Å²) in [6.07, 6.45) is 2.63. The first-order valence-corrected chi connectivity index (χ1v) is 13.3. The highest BCUT2D eigenvalue weighted by Crippen LogP contribution is 2.25. The van der Waals surface area contributed by atoms with E-state index in [2.05, 4.69) is 5.32 Å². The van der Waals surface area contributed by atoms with Crippen LogP contribution in [0.5, 0.6) is 0 Å². The minimum atomic E-state index is -3.70. The molecule has 2 aromatic rings. The Labute approximate surface area is 190 Å². The zero-order valence-electron chi connectivity index (χ0n) is 18.5. The molecule has 1 fully saturated rings. The van der Waals surface area contributed by atoms with Gasteiger partial charge in [-0.2, -0.15) is 4.31 Å². The first kappa shape index (κ1) is 24.4. The van der Waals surface area contributed by atoms with E-state index in [4.69, 9.17) is 0 Å². The van der Waals surface area contributed by atoms with Gasteiger partial charge >= 0.3 is 0 Å². The van der Waals surface area contributed by atoms with Gasteiger partial charge in [-0.15, -0.1) is 0 Å². The number of sulfonamides is 2. The third-order valence-electron chi connectivity index (χ3n) is 5.62. The summed E-state index contributed by atoms with van der Waals surface area (Å²) in [5, 5.41) is 2.70. The molecule has 1 heterocycles. The van der Waals surface area contributed by atoms with Crippen molar-refractivity contribution in [2.75, 3.05) is 20.6 Å². The number of nitrogens with zero attached hydrogens (tertiary/aromatic N) is 2. The maximum atomic E-state index is 13.1. The van der Waals surface area contributed by atoms with E-state index in [1.165, 1.54) is 42.7 Å². The predicted molar refractivity (Wildman–Crippen MR) is 122 cm³/mol. The van der Waals surface area contributed by atoms with Crippen molar-refractivity contribution in [1.29, 1.82) is 0 Å². The van der Waals surface area contributed by atoms with Gasteiger partial charge in [0.25, 0.3) is 5.91 Å². The number of nitrogens with one attached hydrogen (secondary N) is 1. The van der Waals surface area contributed by atoms with Crippen molar-refractivity contribution >= 4 is 26.0 Å². The maximum absolute atomic E-state index is 13.1. The van der Waals surface area contributed by atoms with Crippen LogP contribution < -0.4 is 5.32 Å². The first-order chi connectivity index (χ1) is 15.0. The van der Waals surface area contributed by atoms with Gasteiger partial charge in [0.2, 0.25) is 20.0 Å². The molecular formula is C22H29N3O5S2. The number of benzene rings is 2. The highest BCUT2D eigenvalue weighted by Gasteiger charge is 2.31. The molecule has 0 radical (unpaired) electrons. The van der Waals surface area contributed by atoms with E-state index in [1.54, 1.807) is 24.3 Å². The van der Waals surface area contributed by atoms with Crippen LogP contribution in [0, 0.1) is 0 Å². The normalized spacial score (nSPS) is 17.9. The highest BCUT2D eigenvalue weighted by molar-refractivity contribution is 7.89. The van der Waals surface area contributed by atoms with Crippen molar-refractivity contribution in [2.24, 2.45) is 0 Å². The molecule has 8 nitrogen and oxygen atoms in total. The van der Waals surface area contributed by atoms with E-state index in [1.807, 2.05) is 6.92 Å². The minimum absolute atomic E-state index is 0.0117. The number of carbonyl (C=O) groups excluding carboxylic acids is 1. The van der Waals surface area contributed by atoms with Gasteiger partial charge in [0.1, 0.15) is 0 Å². The quantitative estimate of drug-likeness (QED) is 0.657. The summed E-state index contributed by atoms with van der Waals surface area (Å²) in [5.41, 5.74) is 0.643. The summed E-state index contributed by atoms with van der Waals surface area (Å²) in [7, 11) is -4.48. The fourth-order valence-corrected chi connectivity index (χ4v) is 6.60. The summed E-state index contributed by atoms with van der Waals surface area (Å²) in [6.45, 7) is 2.35. The Bertz CT molecular complexity index is 1190. The Kier molecular flexibility index (Phi) is 7.39. The fraction of sp³-hybridized carbons (Fsp3) is 0.409. The summed E-state index contributed by atoms with van der Waals surface area (Å²) < 4.78 is 53.9. The number of piperidine rings is 1. The molecule has 2 aromatic carbocycles. The molecule has 0 saturated carbocycles. The van der Waals surface area contributed by atoms with E-state index in [-0.39, 0.29) is 27.9 Å². The van der Waals surface area contributed by atoms with Crippen LogP contribution in [0.25, 0.3) is 0 Å². The molecule has 1 N–H and O–H groups in total. The molecule has 0 bridgehead atoms. The lowest BCUT2D eigenvalue weighted by molar-refractivity contribution is 0.0950. The van der Waals surface area contributed by atoms with Crippen LogP contribution >= 0.6 is 0 Å². The van der Waals surface area contributed by atoms with Crippen molar-refractivity contribution in [3.05, 3.63) is 59.7 Å². The Balaban J connectivity index is 1.80. The Morgan fingerprint density at radius 1 is 1.06 bits per heavy atom. The van der Waals surface area contributed by atoms with Gasteiger partial charge in [0, 0.05) is 38.8 Å². The molecule has 3 rings (SSSR count). The molecule has 1 saturated heterocycles. The third-order valence-corrected chi connectivity index (χ3v) is 9.54. The van der Waals surface area contributed by atoms with Crippen LogP contribution in [0.4, 0.5) is 0 Å². The van der Waals surface area contributed by atoms with Crippen LogP contribution in [0.15, 0.2) is 58.3 Å². The largest absolute Gasteiger partial charge is 0.348 e. The number of hydrogen-bond acceptors (Lipinski definition) is 5. The lowest BCUT2D eigenvalue weighted by atomic mass is 10.1. The molecule has 174 valence electrons. The van der Waals surface area contributed by atoms with Gasteiger partial charge in [-0.25, -0.2) is 21.1 Å². The summed E-state index contributed by atoms with van der Waals surface area (Å²) in [4.78, 5) is 12.9. The molecule has 0 unspecified atom stereocenters. The van der Waals surface area contributed by atoms with Crippen LogP contribution in [-0.4, -0.2) is 58.0 Å². The molecule has 0 aromatic heterocycles. The third kappa shape index (κ3) is 5.03. The second kappa shape index (κ2) is 9.70. The standard InChI is InChI=1S/C22H29N3O5S2/c1-17-9-6-7-14-25(17)31(27,28)20-12-8-11-18(15-20)22(26)23-16-19-10-4-5-13-21(19)32(29,30)24(2)3/h4-5,8,10-13,15,17H,6-7,9,14,16H2,1-3H3,(H,23,26)/t17-/m1/s1. The SMILES string of the molecule is C[C@@H]1CCCCN1S(=O)(=O)c1cccc(C(=O)NCc2ccccc2S(=O)(=O)N(C)C)c1. The number of rotatable bonds is 7. The topological polar surface area (TPSA) is 104 Å². The zero-order chi connectivity index (χ0) is 23.5. The van der Waals surface area contributed by atoms with Crippen molar-refractivity contribution in [3.63, 3.8) is 0 Å². The average molecular weight is 480 g/mol. The molecule has 1 amide bonds. The van der Waals surface area contributed by atoms with Gasteiger partial charge in [-0.1, -0.05) is 30.7 Å². The lowest BCUT2D eigenvalue weighted by Crippen LogP contribution is -2.42. The van der Waals surface area contributed by atoms with E-state index in [0.717, 1.165) is 23.6 Å². The Morgan fingerprint density at radius 2 is 1.78 bits per heavy atom.